The van der Waals surface area contributed by atoms with E-state index in [0.29, 0.717) is 16.7 Å². The minimum atomic E-state index is -1.70. The van der Waals surface area contributed by atoms with E-state index >= 15 is 4.39 Å². The summed E-state index contributed by atoms with van der Waals surface area (Å²) in [6.07, 6.45) is 3.74. The summed E-state index contributed by atoms with van der Waals surface area (Å²) in [5, 5.41) is 0. The Balaban J connectivity index is 1.57. The van der Waals surface area contributed by atoms with Gasteiger partial charge in [0, 0.05) is 28.3 Å². The van der Waals surface area contributed by atoms with Gasteiger partial charge in [-0.25, -0.2) is 4.39 Å². The molecule has 1 fully saturated rings. The minimum absolute atomic E-state index is 0.191. The number of anilines is 1. The number of ketones is 3. The highest BCUT2D eigenvalue weighted by atomic mass is 19.1. The first kappa shape index (κ1) is 22.5. The lowest BCUT2D eigenvalue weighted by Crippen LogP contribution is -2.48. The van der Waals surface area contributed by atoms with Crippen LogP contribution >= 0.6 is 0 Å². The maximum atomic E-state index is 15.7. The van der Waals surface area contributed by atoms with Gasteiger partial charge >= 0.3 is 0 Å². The molecule has 184 valence electrons. The first-order chi connectivity index (χ1) is 18.5. The second kappa shape index (κ2) is 8.18. The molecule has 0 aromatic heterocycles. The number of Topliss-reactive ketones (excluding diaryl/α,β-unsaturated/α-hetero) is 3. The topological polar surface area (TPSA) is 54.5 Å². The number of carbonyl (C=O) groups is 3. The molecule has 0 N–H and O–H groups in total. The number of halogens is 1. The van der Waals surface area contributed by atoms with Gasteiger partial charge < -0.3 is 4.90 Å². The van der Waals surface area contributed by atoms with Crippen molar-refractivity contribution in [1.82, 2.24) is 0 Å². The van der Waals surface area contributed by atoms with Crippen molar-refractivity contribution in [3.05, 3.63) is 143 Å². The van der Waals surface area contributed by atoms with Crippen LogP contribution < -0.4 is 4.90 Å². The van der Waals surface area contributed by atoms with Gasteiger partial charge in [-0.3, -0.25) is 14.4 Å². The van der Waals surface area contributed by atoms with E-state index < -0.39 is 29.2 Å². The molecule has 1 spiro atoms. The molecule has 0 unspecified atom stereocenters. The zero-order chi connectivity index (χ0) is 26.0. The van der Waals surface area contributed by atoms with Crippen molar-refractivity contribution >= 4 is 29.1 Å². The van der Waals surface area contributed by atoms with Gasteiger partial charge in [0.05, 0.1) is 6.04 Å². The van der Waals surface area contributed by atoms with Crippen LogP contribution in [0.4, 0.5) is 10.1 Å². The first-order valence-electron chi connectivity index (χ1n) is 12.6. The lowest BCUT2D eigenvalue weighted by molar-refractivity contribution is 0.0664. The maximum absolute atomic E-state index is 15.7. The number of carbonyl (C=O) groups excluding carboxylic acids is 3. The summed E-state index contributed by atoms with van der Waals surface area (Å²) >= 11 is 0. The monoisotopic (exact) mass is 499 g/mol. The van der Waals surface area contributed by atoms with Gasteiger partial charge in [0.15, 0.2) is 17.3 Å². The normalized spacial score (nSPS) is 22.3. The van der Waals surface area contributed by atoms with Gasteiger partial charge in [-0.2, -0.15) is 0 Å². The molecule has 4 aromatic rings. The van der Waals surface area contributed by atoms with E-state index in [1.807, 2.05) is 47.4 Å². The van der Waals surface area contributed by atoms with E-state index in [-0.39, 0.29) is 22.9 Å². The fourth-order valence-corrected chi connectivity index (χ4v) is 6.76. The Morgan fingerprint density at radius 1 is 0.737 bits per heavy atom. The summed E-state index contributed by atoms with van der Waals surface area (Å²) < 4.78 is 15.7. The fourth-order valence-electron chi connectivity index (χ4n) is 6.76. The van der Waals surface area contributed by atoms with Crippen molar-refractivity contribution in [2.45, 2.75) is 18.0 Å². The van der Waals surface area contributed by atoms with Gasteiger partial charge in [0.25, 0.3) is 0 Å². The van der Waals surface area contributed by atoms with Gasteiger partial charge in [0.2, 0.25) is 0 Å². The molecule has 38 heavy (non-hydrogen) atoms. The molecule has 5 heteroatoms. The van der Waals surface area contributed by atoms with Crippen LogP contribution in [0.25, 0.3) is 6.08 Å². The predicted molar refractivity (Wildman–Crippen MR) is 143 cm³/mol. The van der Waals surface area contributed by atoms with E-state index in [9.17, 15) is 14.4 Å². The van der Waals surface area contributed by atoms with Crippen molar-refractivity contribution < 1.29 is 18.8 Å². The number of para-hydroxylation sites is 1. The molecule has 0 saturated carbocycles. The lowest BCUT2D eigenvalue weighted by Gasteiger charge is -2.37. The highest BCUT2D eigenvalue weighted by Crippen LogP contribution is 2.61. The van der Waals surface area contributed by atoms with Crippen molar-refractivity contribution in [2.75, 3.05) is 4.90 Å². The summed E-state index contributed by atoms with van der Waals surface area (Å²) in [6, 6.07) is 27.6. The van der Waals surface area contributed by atoms with Gasteiger partial charge in [0.1, 0.15) is 17.3 Å². The van der Waals surface area contributed by atoms with E-state index in [1.165, 1.54) is 6.07 Å². The van der Waals surface area contributed by atoms with Gasteiger partial charge in [-0.15, -0.1) is 0 Å². The highest BCUT2D eigenvalue weighted by molar-refractivity contribution is 6.32. The van der Waals surface area contributed by atoms with Crippen molar-refractivity contribution in [2.24, 2.45) is 5.41 Å². The molecule has 0 bridgehead atoms. The third kappa shape index (κ3) is 2.81. The number of hydrogen-bond acceptors (Lipinski definition) is 4. The third-order valence-electron chi connectivity index (χ3n) is 8.28. The largest absolute Gasteiger partial charge is 0.352 e. The smallest absolute Gasteiger partial charge is 0.185 e. The second-order valence-electron chi connectivity index (χ2n) is 10.0. The molecular weight excluding hydrogens is 477 g/mol. The Morgan fingerprint density at radius 2 is 1.34 bits per heavy atom. The first-order valence-corrected chi connectivity index (χ1v) is 12.6. The van der Waals surface area contributed by atoms with Crippen molar-refractivity contribution in [3.63, 3.8) is 0 Å². The Morgan fingerprint density at radius 3 is 2.05 bits per heavy atom. The number of hydrogen-bond donors (Lipinski definition) is 0. The van der Waals surface area contributed by atoms with Crippen molar-refractivity contribution in [3.8, 4) is 0 Å². The van der Waals surface area contributed by atoms with E-state index in [0.717, 1.165) is 11.3 Å². The molecule has 1 saturated heterocycles. The van der Waals surface area contributed by atoms with Crippen molar-refractivity contribution in [1.29, 1.82) is 0 Å². The summed E-state index contributed by atoms with van der Waals surface area (Å²) in [4.78, 5) is 45.3. The Bertz CT molecular complexity index is 1640. The summed E-state index contributed by atoms with van der Waals surface area (Å²) in [5.74, 6) is -2.59. The second-order valence-corrected chi connectivity index (χ2v) is 10.0. The van der Waals surface area contributed by atoms with Gasteiger partial charge in [-0.05, 0) is 23.3 Å². The standard InChI is InChI=1S/C33H22FNO3/c34-25-16-8-7-15-24(25)28-29(30(36)21-11-2-1-3-12-21)35-26-17-9-4-10-20(26)18-19-27(35)33(28)31(37)22-13-5-6-14-23(22)32(33)38/h1-19,27-29H/t27-,28+,29-/m0/s1. The van der Waals surface area contributed by atoms with Crippen LogP contribution in [0.5, 0.6) is 0 Å². The summed E-state index contributed by atoms with van der Waals surface area (Å²) in [6.45, 7) is 0. The van der Waals surface area contributed by atoms with Crippen LogP contribution in [0, 0.1) is 11.2 Å². The molecule has 0 amide bonds. The molecule has 2 heterocycles. The molecule has 3 atom stereocenters. The number of benzene rings is 4. The van der Waals surface area contributed by atoms with Crippen LogP contribution in [-0.4, -0.2) is 29.4 Å². The van der Waals surface area contributed by atoms with Crippen LogP contribution in [0.1, 0.15) is 48.1 Å². The molecule has 4 aromatic carbocycles. The average molecular weight is 500 g/mol. The van der Waals surface area contributed by atoms with E-state index in [4.69, 9.17) is 0 Å². The molecule has 3 aliphatic rings. The Labute approximate surface area is 219 Å². The fraction of sp³-hybridized carbons (Fsp3) is 0.121. The maximum Gasteiger partial charge on any atom is 0.185 e. The van der Waals surface area contributed by atoms with Crippen LogP contribution in [-0.2, 0) is 0 Å². The number of nitrogens with zero attached hydrogens (tertiary/aromatic N) is 1. The number of fused-ring (bicyclic) bond motifs is 5. The Hall–Kier alpha value is -4.64. The molecule has 2 aliphatic heterocycles. The van der Waals surface area contributed by atoms with Crippen LogP contribution in [0.3, 0.4) is 0 Å². The van der Waals surface area contributed by atoms with E-state index in [1.54, 1.807) is 66.7 Å². The summed E-state index contributed by atoms with van der Waals surface area (Å²) in [7, 11) is 0. The van der Waals surface area contributed by atoms with Crippen LogP contribution in [0.15, 0.2) is 109 Å². The average Bonchev–Trinajstić information content (AvgIpc) is 3.39. The van der Waals surface area contributed by atoms with Gasteiger partial charge in [-0.1, -0.05) is 103 Å². The molecule has 1 aliphatic carbocycles. The zero-order valence-corrected chi connectivity index (χ0v) is 20.3. The quantitative estimate of drug-likeness (QED) is 0.251. The molecule has 7 rings (SSSR count). The zero-order valence-electron chi connectivity index (χ0n) is 20.3. The molecular formula is C33H22FNO3. The third-order valence-corrected chi connectivity index (χ3v) is 8.28. The lowest BCUT2D eigenvalue weighted by atomic mass is 9.64. The minimum Gasteiger partial charge on any atom is -0.352 e. The predicted octanol–water partition coefficient (Wildman–Crippen LogP) is 6.14. The van der Waals surface area contributed by atoms with E-state index in [2.05, 4.69) is 0 Å². The number of rotatable bonds is 3. The Kier molecular flexibility index (Phi) is 4.86. The highest BCUT2D eigenvalue weighted by Gasteiger charge is 2.71. The SMILES string of the molecule is O=C(c1ccccc1)[C@@H]1[C@@H](c2ccccc2F)C2(C(=O)c3ccccc3C2=O)[C@@H]2C=Cc3ccccc3N12. The van der Waals surface area contributed by atoms with Crippen LogP contribution in [0.2, 0.25) is 0 Å². The summed E-state index contributed by atoms with van der Waals surface area (Å²) in [5.41, 5.74) is 1.18. The molecule has 0 radical (unpaired) electrons. The molecule has 4 nitrogen and oxygen atoms in total.